The summed E-state index contributed by atoms with van der Waals surface area (Å²) < 4.78 is 5.75. The van der Waals surface area contributed by atoms with E-state index in [0.29, 0.717) is 25.0 Å². The van der Waals surface area contributed by atoms with Crippen LogP contribution in [0.15, 0.2) is 0 Å². The largest absolute Gasteiger partial charge is 0.378 e. The summed E-state index contributed by atoms with van der Waals surface area (Å²) in [5.41, 5.74) is 0. The van der Waals surface area contributed by atoms with E-state index in [-0.39, 0.29) is 12.0 Å². The van der Waals surface area contributed by atoms with E-state index in [9.17, 15) is 4.79 Å². The maximum Gasteiger partial charge on any atom is 0.224 e. The van der Waals surface area contributed by atoms with Crippen LogP contribution >= 0.6 is 0 Å². The first-order chi connectivity index (χ1) is 10.5. The number of carbonyl (C=O) groups is 1. The van der Waals surface area contributed by atoms with Gasteiger partial charge in [0.2, 0.25) is 5.91 Å². The first-order valence-corrected chi connectivity index (χ1v) is 9.17. The summed E-state index contributed by atoms with van der Waals surface area (Å²) in [6.45, 7) is 10.1. The van der Waals surface area contributed by atoms with Gasteiger partial charge in [-0.3, -0.25) is 4.79 Å². The molecule has 22 heavy (non-hydrogen) atoms. The number of amides is 1. The average molecular weight is 310 g/mol. The van der Waals surface area contributed by atoms with Crippen molar-refractivity contribution in [1.82, 2.24) is 10.2 Å². The van der Waals surface area contributed by atoms with Crippen molar-refractivity contribution in [3.8, 4) is 0 Å². The maximum atomic E-state index is 12.2. The lowest BCUT2D eigenvalue weighted by atomic mass is 10.0. The second-order valence-electron chi connectivity index (χ2n) is 7.57. The van der Waals surface area contributed by atoms with Gasteiger partial charge in [0, 0.05) is 19.1 Å². The van der Waals surface area contributed by atoms with E-state index in [2.05, 4.69) is 26.1 Å². The number of nitrogens with one attached hydrogen (secondary N) is 1. The number of likely N-dealkylation sites (tertiary alicyclic amines) is 1. The van der Waals surface area contributed by atoms with E-state index in [1.54, 1.807) is 0 Å². The molecule has 1 saturated carbocycles. The quantitative estimate of drug-likeness (QED) is 0.712. The first kappa shape index (κ1) is 17.7. The van der Waals surface area contributed by atoms with Gasteiger partial charge >= 0.3 is 0 Å². The van der Waals surface area contributed by atoms with Gasteiger partial charge in [-0.15, -0.1) is 0 Å². The molecule has 0 aromatic rings. The van der Waals surface area contributed by atoms with E-state index >= 15 is 0 Å². The molecule has 0 aromatic carbocycles. The van der Waals surface area contributed by atoms with Gasteiger partial charge in [-0.25, -0.2) is 0 Å². The lowest BCUT2D eigenvalue weighted by Crippen LogP contribution is -2.45. The van der Waals surface area contributed by atoms with E-state index < -0.39 is 0 Å². The molecule has 4 nitrogen and oxygen atoms in total. The number of piperidine rings is 1. The highest BCUT2D eigenvalue weighted by Crippen LogP contribution is 2.28. The Morgan fingerprint density at radius 2 is 1.86 bits per heavy atom. The summed E-state index contributed by atoms with van der Waals surface area (Å²) in [7, 11) is 0. The van der Waals surface area contributed by atoms with Gasteiger partial charge in [0.15, 0.2) is 0 Å². The first-order valence-electron chi connectivity index (χ1n) is 9.17. The maximum absolute atomic E-state index is 12.2. The molecular formula is C18H34N2O2. The zero-order valence-electron chi connectivity index (χ0n) is 14.6. The lowest BCUT2D eigenvalue weighted by molar-refractivity contribution is -0.133. The van der Waals surface area contributed by atoms with Crippen LogP contribution < -0.4 is 5.32 Å². The molecule has 0 bridgehead atoms. The molecule has 2 aliphatic rings. The Balaban J connectivity index is 1.54. The smallest absolute Gasteiger partial charge is 0.224 e. The van der Waals surface area contributed by atoms with Crippen LogP contribution in [0.5, 0.6) is 0 Å². The number of nitrogens with zero attached hydrogens (tertiary/aromatic N) is 1. The number of hydrogen-bond acceptors (Lipinski definition) is 3. The Morgan fingerprint density at radius 3 is 2.45 bits per heavy atom. The Kier molecular flexibility index (Phi) is 7.16. The van der Waals surface area contributed by atoms with Gasteiger partial charge < -0.3 is 15.0 Å². The summed E-state index contributed by atoms with van der Waals surface area (Å²) in [4.78, 5) is 14.2. The van der Waals surface area contributed by atoms with E-state index in [1.165, 1.54) is 19.4 Å². The summed E-state index contributed by atoms with van der Waals surface area (Å²) >= 11 is 0. The van der Waals surface area contributed by atoms with Crippen LogP contribution in [0, 0.1) is 11.8 Å². The molecule has 1 aliphatic carbocycles. The fourth-order valence-corrected chi connectivity index (χ4v) is 3.23. The van der Waals surface area contributed by atoms with Gasteiger partial charge in [-0.05, 0) is 57.4 Å². The van der Waals surface area contributed by atoms with E-state index in [0.717, 1.165) is 38.3 Å². The fraction of sp³-hybridized carbons (Fsp3) is 0.944. The van der Waals surface area contributed by atoms with Crippen molar-refractivity contribution in [3.63, 3.8) is 0 Å². The molecule has 1 atom stereocenters. The van der Waals surface area contributed by atoms with Crippen LogP contribution in [0.1, 0.15) is 59.3 Å². The average Bonchev–Trinajstić information content (AvgIpc) is 3.29. The Labute approximate surface area is 136 Å². The molecule has 1 heterocycles. The molecule has 0 spiro atoms. The highest BCUT2D eigenvalue weighted by atomic mass is 16.5. The van der Waals surface area contributed by atoms with Crippen LogP contribution in [0.25, 0.3) is 0 Å². The standard InChI is InChI=1S/C18H34N2O2/c1-14(2)12-15(3)22-11-8-18(21)20-9-6-17(7-10-20)19-13-16-4-5-16/h14-17,19H,4-13H2,1-3H3. The number of ether oxygens (including phenoxy) is 1. The lowest BCUT2D eigenvalue weighted by Gasteiger charge is -2.32. The molecule has 1 N–H and O–H groups in total. The number of rotatable bonds is 9. The third kappa shape index (κ3) is 6.66. The van der Waals surface area contributed by atoms with E-state index in [1.807, 2.05) is 4.90 Å². The third-order valence-electron chi connectivity index (χ3n) is 4.76. The second-order valence-corrected chi connectivity index (χ2v) is 7.57. The van der Waals surface area contributed by atoms with Crippen molar-refractivity contribution in [3.05, 3.63) is 0 Å². The monoisotopic (exact) mass is 310 g/mol. The molecule has 2 rings (SSSR count). The van der Waals surface area contributed by atoms with Gasteiger partial charge in [-0.1, -0.05) is 13.8 Å². The predicted molar refractivity (Wildman–Crippen MR) is 89.8 cm³/mol. The Bertz CT molecular complexity index is 334. The Hall–Kier alpha value is -0.610. The highest BCUT2D eigenvalue weighted by Gasteiger charge is 2.25. The highest BCUT2D eigenvalue weighted by molar-refractivity contribution is 5.76. The number of carbonyl (C=O) groups excluding carboxylic acids is 1. The van der Waals surface area contributed by atoms with Crippen molar-refractivity contribution in [2.24, 2.45) is 11.8 Å². The van der Waals surface area contributed by atoms with Crippen LogP contribution in [0.3, 0.4) is 0 Å². The minimum Gasteiger partial charge on any atom is -0.378 e. The van der Waals surface area contributed by atoms with Crippen molar-refractivity contribution < 1.29 is 9.53 Å². The molecule has 1 aliphatic heterocycles. The summed E-state index contributed by atoms with van der Waals surface area (Å²) in [6.07, 6.45) is 6.85. The minimum atomic E-state index is 0.255. The van der Waals surface area contributed by atoms with Gasteiger partial charge in [0.1, 0.15) is 0 Å². The molecule has 4 heteroatoms. The van der Waals surface area contributed by atoms with Crippen molar-refractivity contribution in [1.29, 1.82) is 0 Å². The second kappa shape index (κ2) is 8.88. The van der Waals surface area contributed by atoms with Crippen LogP contribution in [0.4, 0.5) is 0 Å². The molecule has 1 unspecified atom stereocenters. The van der Waals surface area contributed by atoms with Crippen LogP contribution in [-0.4, -0.2) is 49.2 Å². The van der Waals surface area contributed by atoms with Gasteiger partial charge in [0.25, 0.3) is 0 Å². The molecular weight excluding hydrogens is 276 g/mol. The molecule has 0 aromatic heterocycles. The molecule has 0 radical (unpaired) electrons. The summed E-state index contributed by atoms with van der Waals surface area (Å²) in [5, 5.41) is 3.66. The zero-order chi connectivity index (χ0) is 15.9. The number of hydrogen-bond donors (Lipinski definition) is 1. The molecule has 1 amide bonds. The third-order valence-corrected chi connectivity index (χ3v) is 4.76. The zero-order valence-corrected chi connectivity index (χ0v) is 14.6. The predicted octanol–water partition coefficient (Wildman–Crippen LogP) is 2.82. The van der Waals surface area contributed by atoms with Gasteiger partial charge in [0.05, 0.1) is 19.1 Å². The van der Waals surface area contributed by atoms with Crippen molar-refractivity contribution >= 4 is 5.91 Å². The minimum absolute atomic E-state index is 0.255. The fourth-order valence-electron chi connectivity index (χ4n) is 3.23. The summed E-state index contributed by atoms with van der Waals surface area (Å²) in [6, 6.07) is 0.618. The summed E-state index contributed by atoms with van der Waals surface area (Å²) in [5.74, 6) is 1.84. The molecule has 1 saturated heterocycles. The van der Waals surface area contributed by atoms with Gasteiger partial charge in [-0.2, -0.15) is 0 Å². The van der Waals surface area contributed by atoms with Crippen LogP contribution in [-0.2, 0) is 9.53 Å². The van der Waals surface area contributed by atoms with E-state index in [4.69, 9.17) is 4.74 Å². The Morgan fingerprint density at radius 1 is 1.18 bits per heavy atom. The van der Waals surface area contributed by atoms with Crippen molar-refractivity contribution in [2.45, 2.75) is 71.4 Å². The van der Waals surface area contributed by atoms with Crippen LogP contribution in [0.2, 0.25) is 0 Å². The SMILES string of the molecule is CC(C)CC(C)OCCC(=O)N1CCC(NCC2CC2)CC1. The van der Waals surface area contributed by atoms with Crippen molar-refractivity contribution in [2.75, 3.05) is 26.2 Å². The normalized spacial score (nSPS) is 21.4. The molecule has 128 valence electrons. The molecule has 2 fully saturated rings. The topological polar surface area (TPSA) is 41.6 Å².